The van der Waals surface area contributed by atoms with E-state index in [1.54, 1.807) is 4.90 Å². The molecule has 1 aliphatic heterocycles. The molecule has 2 aromatic carbocycles. The number of thioether (sulfide) groups is 1. The third-order valence-electron chi connectivity index (χ3n) is 5.97. The Labute approximate surface area is 210 Å². The van der Waals surface area contributed by atoms with Crippen molar-refractivity contribution in [2.24, 2.45) is 7.05 Å². The zero-order valence-electron chi connectivity index (χ0n) is 20.7. The normalized spacial score (nSPS) is 15.9. The van der Waals surface area contributed by atoms with Gasteiger partial charge in [0, 0.05) is 42.4 Å². The Hall–Kier alpha value is -2.97. The van der Waals surface area contributed by atoms with Crippen molar-refractivity contribution >= 4 is 40.2 Å². The van der Waals surface area contributed by atoms with Gasteiger partial charge in [-0.3, -0.25) is 14.5 Å². The fraction of sp³-hybridized carbons (Fsp3) is 0.407. The first-order valence-electron chi connectivity index (χ1n) is 12.1. The van der Waals surface area contributed by atoms with Crippen LogP contribution in [0.3, 0.4) is 0 Å². The number of amides is 2. The number of anilines is 1. The molecule has 3 aromatic rings. The number of aromatic nitrogens is 1. The van der Waals surface area contributed by atoms with Crippen molar-refractivity contribution in [2.75, 3.05) is 30.4 Å². The molecule has 0 saturated carbocycles. The van der Waals surface area contributed by atoms with Crippen LogP contribution in [0.25, 0.3) is 10.9 Å². The smallest absolute Gasteiger partial charge is 0.247 e. The predicted octanol–water partition coefficient (Wildman–Crippen LogP) is 4.69. The molecule has 0 spiro atoms. The molecule has 1 atom stereocenters. The second-order valence-electron chi connectivity index (χ2n) is 8.74. The Morgan fingerprint density at radius 2 is 1.91 bits per heavy atom. The average molecular weight is 496 g/mol. The highest BCUT2D eigenvalue weighted by Crippen LogP contribution is 2.43. The average Bonchev–Trinajstić information content (AvgIpc) is 3.02. The molecule has 2 amide bonds. The molecule has 0 fully saturated rings. The second-order valence-corrected chi connectivity index (χ2v) is 9.71. The van der Waals surface area contributed by atoms with E-state index in [2.05, 4.69) is 9.88 Å². The topological polar surface area (TPSA) is 72.8 Å². The lowest BCUT2D eigenvalue weighted by Crippen LogP contribution is -2.44. The highest BCUT2D eigenvalue weighted by Gasteiger charge is 2.39. The van der Waals surface area contributed by atoms with Crippen LogP contribution < -0.4 is 15.0 Å². The Kier molecular flexibility index (Phi) is 8.03. The van der Waals surface area contributed by atoms with Crippen LogP contribution in [-0.2, 0) is 21.4 Å². The van der Waals surface area contributed by atoms with Gasteiger partial charge >= 0.3 is 0 Å². The summed E-state index contributed by atoms with van der Waals surface area (Å²) in [7, 11) is 1.99. The molecule has 0 unspecified atom stereocenters. The first-order valence-corrected chi connectivity index (χ1v) is 13.0. The number of hydrogen-bond donors (Lipinski definition) is 1. The zero-order chi connectivity index (χ0) is 24.9. The lowest BCUT2D eigenvalue weighted by atomic mass is 10.0. The molecule has 0 radical (unpaired) electrons. The van der Waals surface area contributed by atoms with Gasteiger partial charge in [-0.15, -0.1) is 0 Å². The predicted molar refractivity (Wildman–Crippen MR) is 140 cm³/mol. The Bertz CT molecular complexity index is 1190. The number of ether oxygens (including phenoxy) is 2. The molecule has 2 heterocycles. The number of para-hydroxylation sites is 1. The van der Waals surface area contributed by atoms with Crippen molar-refractivity contribution in [3.8, 4) is 5.75 Å². The third kappa shape index (κ3) is 5.33. The van der Waals surface area contributed by atoms with Gasteiger partial charge in [-0.05, 0) is 57.5 Å². The van der Waals surface area contributed by atoms with Gasteiger partial charge in [0.05, 0.1) is 23.5 Å². The van der Waals surface area contributed by atoms with Crippen LogP contribution in [-0.4, -0.2) is 48.0 Å². The number of nitrogens with one attached hydrogen (secondary N) is 1. The van der Waals surface area contributed by atoms with E-state index < -0.39 is 6.04 Å². The first kappa shape index (κ1) is 25.1. The van der Waals surface area contributed by atoms with Crippen molar-refractivity contribution in [3.63, 3.8) is 0 Å². The summed E-state index contributed by atoms with van der Waals surface area (Å²) < 4.78 is 13.3. The fourth-order valence-corrected chi connectivity index (χ4v) is 5.49. The Morgan fingerprint density at radius 1 is 1.17 bits per heavy atom. The first-order chi connectivity index (χ1) is 16.9. The number of nitrogens with zero attached hydrogens (tertiary/aromatic N) is 2. The molecule has 0 bridgehead atoms. The molecule has 1 aliphatic rings. The van der Waals surface area contributed by atoms with Gasteiger partial charge in [0.1, 0.15) is 11.8 Å². The van der Waals surface area contributed by atoms with Crippen LogP contribution >= 0.6 is 11.8 Å². The highest BCUT2D eigenvalue weighted by atomic mass is 32.2. The van der Waals surface area contributed by atoms with Crippen LogP contribution in [0.5, 0.6) is 5.75 Å². The molecule has 8 heteroatoms. The van der Waals surface area contributed by atoms with E-state index in [4.69, 9.17) is 9.47 Å². The lowest BCUT2D eigenvalue weighted by Gasteiger charge is -2.30. The van der Waals surface area contributed by atoms with Crippen LogP contribution in [0, 0.1) is 0 Å². The maximum atomic E-state index is 13.8. The molecule has 7 nitrogen and oxygen atoms in total. The highest BCUT2D eigenvalue weighted by molar-refractivity contribution is 8.00. The summed E-state index contributed by atoms with van der Waals surface area (Å²) in [6.45, 7) is 7.51. The summed E-state index contributed by atoms with van der Waals surface area (Å²) in [6, 6.07) is 14.6. The number of carbonyl (C=O) groups is 2. The number of aryl methyl sites for hydroxylation is 1. The van der Waals surface area contributed by atoms with Crippen molar-refractivity contribution < 1.29 is 19.1 Å². The minimum absolute atomic E-state index is 0.109. The quantitative estimate of drug-likeness (QED) is 0.436. The van der Waals surface area contributed by atoms with Crippen molar-refractivity contribution in [1.82, 2.24) is 9.88 Å². The zero-order valence-corrected chi connectivity index (χ0v) is 21.6. The second kappa shape index (κ2) is 11.2. The largest absolute Gasteiger partial charge is 0.494 e. The van der Waals surface area contributed by atoms with E-state index in [1.807, 2.05) is 76.3 Å². The van der Waals surface area contributed by atoms with Crippen molar-refractivity contribution in [3.05, 3.63) is 54.1 Å². The standard InChI is InChI=1S/C27H33N3O4S/c1-5-33-20-13-11-19(12-14-20)30-23(31)17-35-27-24(21-9-6-7-10-22(21)29(27)4)25(30)26(32)28-15-8-16-34-18(2)3/h6-7,9-14,18,25H,5,8,15-17H2,1-4H3,(H,28,32)/t25-/m0/s1. The summed E-state index contributed by atoms with van der Waals surface area (Å²) in [5.74, 6) is 0.667. The van der Waals surface area contributed by atoms with Crippen LogP contribution in [0.15, 0.2) is 53.6 Å². The molecular formula is C27H33N3O4S. The molecular weight excluding hydrogens is 462 g/mol. The Morgan fingerprint density at radius 3 is 2.63 bits per heavy atom. The number of carbonyl (C=O) groups excluding carboxylic acids is 2. The molecule has 0 saturated heterocycles. The van der Waals surface area contributed by atoms with E-state index in [0.29, 0.717) is 31.9 Å². The van der Waals surface area contributed by atoms with E-state index in [9.17, 15) is 9.59 Å². The van der Waals surface area contributed by atoms with E-state index in [1.165, 1.54) is 11.8 Å². The molecule has 1 aromatic heterocycles. The van der Waals surface area contributed by atoms with Gasteiger partial charge < -0.3 is 19.4 Å². The number of fused-ring (bicyclic) bond motifs is 3. The van der Waals surface area contributed by atoms with Crippen molar-refractivity contribution in [1.29, 1.82) is 0 Å². The maximum Gasteiger partial charge on any atom is 0.247 e. The Balaban J connectivity index is 1.74. The fourth-order valence-electron chi connectivity index (χ4n) is 4.42. The van der Waals surface area contributed by atoms with E-state index in [0.717, 1.165) is 27.2 Å². The SMILES string of the molecule is CCOc1ccc(N2C(=O)CSc3c(c4ccccc4n3C)[C@H]2C(=O)NCCCOC(C)C)cc1. The third-order valence-corrected chi connectivity index (χ3v) is 7.13. The lowest BCUT2D eigenvalue weighted by molar-refractivity contribution is -0.125. The van der Waals surface area contributed by atoms with Gasteiger partial charge in [0.25, 0.3) is 0 Å². The molecule has 4 rings (SSSR count). The summed E-state index contributed by atoms with van der Waals surface area (Å²) >= 11 is 1.48. The van der Waals surface area contributed by atoms with E-state index in [-0.39, 0.29) is 23.7 Å². The van der Waals surface area contributed by atoms with Gasteiger partial charge in [-0.2, -0.15) is 0 Å². The van der Waals surface area contributed by atoms with Crippen LogP contribution in [0.1, 0.15) is 38.8 Å². The minimum atomic E-state index is -0.789. The van der Waals surface area contributed by atoms with Crippen molar-refractivity contribution in [2.45, 2.75) is 44.4 Å². The monoisotopic (exact) mass is 495 g/mol. The summed E-state index contributed by atoms with van der Waals surface area (Å²) in [5, 5.41) is 4.98. The van der Waals surface area contributed by atoms with Crippen LogP contribution in [0.4, 0.5) is 5.69 Å². The summed E-state index contributed by atoms with van der Waals surface area (Å²) in [5.41, 5.74) is 2.57. The molecule has 0 aliphatic carbocycles. The molecule has 1 N–H and O–H groups in total. The minimum Gasteiger partial charge on any atom is -0.494 e. The van der Waals surface area contributed by atoms with Crippen LogP contribution in [0.2, 0.25) is 0 Å². The molecule has 186 valence electrons. The maximum absolute atomic E-state index is 13.8. The van der Waals surface area contributed by atoms with E-state index >= 15 is 0 Å². The van der Waals surface area contributed by atoms with Gasteiger partial charge in [0.15, 0.2) is 0 Å². The van der Waals surface area contributed by atoms with Gasteiger partial charge in [0.2, 0.25) is 11.8 Å². The molecule has 35 heavy (non-hydrogen) atoms. The van der Waals surface area contributed by atoms with Gasteiger partial charge in [-0.25, -0.2) is 0 Å². The number of rotatable bonds is 9. The number of benzene rings is 2. The van der Waals surface area contributed by atoms with Gasteiger partial charge in [-0.1, -0.05) is 30.0 Å². The summed E-state index contributed by atoms with van der Waals surface area (Å²) in [6.07, 6.45) is 0.848. The number of hydrogen-bond acceptors (Lipinski definition) is 5. The summed E-state index contributed by atoms with van der Waals surface area (Å²) in [4.78, 5) is 28.9.